The highest BCUT2D eigenvalue weighted by Crippen LogP contribution is 2.61. The van der Waals surface area contributed by atoms with Gasteiger partial charge in [-0.2, -0.15) is 52.7 Å². The summed E-state index contributed by atoms with van der Waals surface area (Å²) in [6, 6.07) is 0. The van der Waals surface area contributed by atoms with Crippen molar-refractivity contribution < 1.29 is 96.2 Å². The molecule has 0 saturated carbocycles. The van der Waals surface area contributed by atoms with E-state index in [9.17, 15) is 58.3 Å². The van der Waals surface area contributed by atoms with Crippen LogP contribution in [0.25, 0.3) is 0 Å². The minimum absolute atomic E-state index is 0.101. The van der Waals surface area contributed by atoms with Crippen molar-refractivity contribution in [1.82, 2.24) is 0 Å². The summed E-state index contributed by atoms with van der Waals surface area (Å²) in [6.07, 6.45) is -6.64. The number of esters is 3. The SMILES string of the molecule is C=C(C)C(=O)OCC(CCC(F)(F)C(F)(F)C(F)(F)C(F)(F)C(F)(F)C(F)(F)CCCCCCC)(COC(=O)C(=C)C)COC(=O)C(=C)COCCC(CO)CO. The summed E-state index contributed by atoms with van der Waals surface area (Å²) in [6.45, 7) is 8.09. The standard InChI is InChI=1S/C36H50F12O9/c1-7-8-9-10-11-13-31(37,38)33(41,42)35(45,46)36(47,48)34(43,44)32(39,40)15-14-30(20-55-27(51)23(2)3,21-56-28(52)24(4)5)22-57-29(53)25(6)19-54-16-12-26(17-49)18-50/h26,49-50H,2,4,6-22H2,1,3,5H3. The molecule has 0 aromatic heterocycles. The third-order valence-electron chi connectivity index (χ3n) is 8.64. The number of alkyl halides is 12. The summed E-state index contributed by atoms with van der Waals surface area (Å²) in [5, 5.41) is 18.2. The van der Waals surface area contributed by atoms with Crippen LogP contribution in [-0.2, 0) is 33.3 Å². The zero-order valence-electron chi connectivity index (χ0n) is 31.8. The van der Waals surface area contributed by atoms with E-state index in [1.165, 1.54) is 0 Å². The molecular formula is C36H50F12O9. The Balaban J connectivity index is 6.70. The maximum Gasteiger partial charge on any atom is 0.384 e. The minimum atomic E-state index is -7.85. The minimum Gasteiger partial charge on any atom is -0.461 e. The van der Waals surface area contributed by atoms with Gasteiger partial charge in [0.2, 0.25) is 0 Å². The lowest BCUT2D eigenvalue weighted by molar-refractivity contribution is -0.426. The predicted molar refractivity (Wildman–Crippen MR) is 179 cm³/mol. The number of ether oxygens (including phenoxy) is 4. The number of hydrogen-bond acceptors (Lipinski definition) is 9. The van der Waals surface area contributed by atoms with Crippen LogP contribution in [0.15, 0.2) is 36.5 Å². The Hall–Kier alpha value is -3.33. The van der Waals surface area contributed by atoms with Crippen molar-refractivity contribution in [3.05, 3.63) is 36.5 Å². The van der Waals surface area contributed by atoms with Crippen molar-refractivity contribution in [3.63, 3.8) is 0 Å². The van der Waals surface area contributed by atoms with Crippen LogP contribution in [-0.4, -0.2) is 110 Å². The summed E-state index contributed by atoms with van der Waals surface area (Å²) < 4.78 is 197. The third-order valence-corrected chi connectivity index (χ3v) is 8.64. The second-order valence-corrected chi connectivity index (χ2v) is 13.8. The van der Waals surface area contributed by atoms with Crippen LogP contribution in [0.3, 0.4) is 0 Å². The summed E-state index contributed by atoms with van der Waals surface area (Å²) in [4.78, 5) is 37.1. The molecular weight excluding hydrogens is 804 g/mol. The first kappa shape index (κ1) is 53.7. The van der Waals surface area contributed by atoms with Crippen molar-refractivity contribution in [2.45, 2.75) is 114 Å². The molecule has 21 heteroatoms. The Morgan fingerprint density at radius 2 is 0.982 bits per heavy atom. The van der Waals surface area contributed by atoms with E-state index in [1.54, 1.807) is 6.92 Å². The molecule has 57 heavy (non-hydrogen) atoms. The van der Waals surface area contributed by atoms with Crippen molar-refractivity contribution in [2.75, 3.05) is 46.2 Å². The van der Waals surface area contributed by atoms with E-state index in [-0.39, 0.29) is 37.0 Å². The number of halogens is 12. The summed E-state index contributed by atoms with van der Waals surface area (Å²) in [7, 11) is 0. The van der Waals surface area contributed by atoms with Crippen LogP contribution in [0.5, 0.6) is 0 Å². The van der Waals surface area contributed by atoms with Gasteiger partial charge in [-0.05, 0) is 33.1 Å². The number of carbonyl (C=O) groups excluding carboxylic acids is 3. The number of unbranched alkanes of at least 4 members (excludes halogenated alkanes) is 4. The van der Waals surface area contributed by atoms with E-state index in [0.29, 0.717) is 12.8 Å². The number of rotatable bonds is 30. The van der Waals surface area contributed by atoms with E-state index < -0.39 is 136 Å². The highest BCUT2D eigenvalue weighted by Gasteiger charge is 2.89. The first-order chi connectivity index (χ1) is 26.0. The number of aliphatic hydroxyl groups excluding tert-OH is 2. The Bertz CT molecular complexity index is 1340. The van der Waals surface area contributed by atoms with Crippen LogP contribution in [0.4, 0.5) is 52.7 Å². The Kier molecular flexibility index (Phi) is 20.9. The zero-order chi connectivity index (χ0) is 44.7. The van der Waals surface area contributed by atoms with Crippen molar-refractivity contribution in [2.24, 2.45) is 11.3 Å². The molecule has 0 atom stereocenters. The lowest BCUT2D eigenvalue weighted by atomic mass is 9.81. The second kappa shape index (κ2) is 22.2. The van der Waals surface area contributed by atoms with E-state index in [4.69, 9.17) is 29.2 Å². The molecule has 0 aromatic rings. The Labute approximate surface area is 322 Å². The normalized spacial score (nSPS) is 13.4. The summed E-state index contributed by atoms with van der Waals surface area (Å²) in [5.74, 6) is -47.5. The smallest absolute Gasteiger partial charge is 0.384 e. The quantitative estimate of drug-likeness (QED) is 0.0241. The molecule has 0 bridgehead atoms. The molecule has 0 saturated heterocycles. The molecule has 0 unspecified atom stereocenters. The molecule has 0 aliphatic heterocycles. The van der Waals surface area contributed by atoms with Crippen molar-refractivity contribution in [3.8, 4) is 0 Å². The fraction of sp³-hybridized carbons (Fsp3) is 0.750. The van der Waals surface area contributed by atoms with Gasteiger partial charge in [0.1, 0.15) is 19.8 Å². The molecule has 0 aliphatic rings. The molecule has 2 N–H and O–H groups in total. The lowest BCUT2D eigenvalue weighted by Gasteiger charge is -2.42. The zero-order valence-corrected chi connectivity index (χ0v) is 31.8. The number of hydrogen-bond donors (Lipinski definition) is 2. The van der Waals surface area contributed by atoms with Gasteiger partial charge in [-0.1, -0.05) is 52.3 Å². The van der Waals surface area contributed by atoms with E-state index in [2.05, 4.69) is 19.7 Å². The molecule has 0 amide bonds. The highest BCUT2D eigenvalue weighted by molar-refractivity contribution is 5.88. The van der Waals surface area contributed by atoms with Crippen LogP contribution in [0.1, 0.15) is 78.6 Å². The maximum atomic E-state index is 15.2. The van der Waals surface area contributed by atoms with Gasteiger partial charge in [0.25, 0.3) is 0 Å². The molecule has 332 valence electrons. The molecule has 0 rings (SSSR count). The summed E-state index contributed by atoms with van der Waals surface area (Å²) in [5.41, 5.74) is -3.88. The highest BCUT2D eigenvalue weighted by atomic mass is 19.4. The fourth-order valence-corrected chi connectivity index (χ4v) is 4.63. The summed E-state index contributed by atoms with van der Waals surface area (Å²) >= 11 is 0. The van der Waals surface area contributed by atoms with E-state index >= 15 is 8.78 Å². The molecule has 0 radical (unpaired) electrons. The number of aliphatic hydroxyl groups is 2. The Morgan fingerprint density at radius 1 is 0.579 bits per heavy atom. The largest absolute Gasteiger partial charge is 0.461 e. The average molecular weight is 855 g/mol. The van der Waals surface area contributed by atoms with Gasteiger partial charge in [-0.3, -0.25) is 0 Å². The van der Waals surface area contributed by atoms with Crippen molar-refractivity contribution >= 4 is 17.9 Å². The van der Waals surface area contributed by atoms with Crippen molar-refractivity contribution in [1.29, 1.82) is 0 Å². The third kappa shape index (κ3) is 14.2. The Morgan fingerprint density at radius 3 is 1.39 bits per heavy atom. The van der Waals surface area contributed by atoms with Crippen LogP contribution in [0, 0.1) is 11.3 Å². The van der Waals surface area contributed by atoms with Crippen LogP contribution >= 0.6 is 0 Å². The van der Waals surface area contributed by atoms with Gasteiger partial charge < -0.3 is 29.2 Å². The van der Waals surface area contributed by atoms with Gasteiger partial charge in [0, 0.05) is 49.7 Å². The second-order valence-electron chi connectivity index (χ2n) is 13.8. The van der Waals surface area contributed by atoms with E-state index in [0.717, 1.165) is 13.8 Å². The first-order valence-electron chi connectivity index (χ1n) is 17.5. The van der Waals surface area contributed by atoms with Gasteiger partial charge >= 0.3 is 53.4 Å². The maximum absolute atomic E-state index is 15.2. The molecule has 9 nitrogen and oxygen atoms in total. The molecule has 0 aliphatic carbocycles. The van der Waals surface area contributed by atoms with Crippen LogP contribution in [0.2, 0.25) is 0 Å². The molecule has 0 heterocycles. The predicted octanol–water partition coefficient (Wildman–Crippen LogP) is 8.27. The molecule has 0 fully saturated rings. The van der Waals surface area contributed by atoms with Crippen LogP contribution < -0.4 is 0 Å². The topological polar surface area (TPSA) is 129 Å². The van der Waals surface area contributed by atoms with Gasteiger partial charge in [0.05, 0.1) is 17.6 Å². The molecule has 0 spiro atoms. The lowest BCUT2D eigenvalue weighted by Crippen LogP contribution is -2.70. The monoisotopic (exact) mass is 854 g/mol. The number of carbonyl (C=O) groups is 3. The average Bonchev–Trinajstić information content (AvgIpc) is 3.12. The van der Waals surface area contributed by atoms with E-state index in [1.807, 2.05) is 0 Å². The molecule has 0 aromatic carbocycles. The fourth-order valence-electron chi connectivity index (χ4n) is 4.63. The first-order valence-corrected chi connectivity index (χ1v) is 17.5. The van der Waals surface area contributed by atoms with Gasteiger partial charge in [-0.15, -0.1) is 0 Å². The van der Waals surface area contributed by atoms with Gasteiger partial charge in [-0.25, -0.2) is 14.4 Å². The van der Waals surface area contributed by atoms with Gasteiger partial charge in [0.15, 0.2) is 0 Å².